The second-order valence-corrected chi connectivity index (χ2v) is 6.93. The van der Waals surface area contributed by atoms with E-state index in [4.69, 9.17) is 18.9 Å². The molecule has 0 aliphatic heterocycles. The van der Waals surface area contributed by atoms with Gasteiger partial charge in [0.1, 0.15) is 6.61 Å². The first kappa shape index (κ1) is 22.6. The number of carbonyl (C=O) groups excluding carboxylic acids is 2. The van der Waals surface area contributed by atoms with Crippen molar-refractivity contribution in [1.82, 2.24) is 0 Å². The van der Waals surface area contributed by atoms with Crippen LogP contribution in [-0.2, 0) is 28.2 Å². The van der Waals surface area contributed by atoms with Gasteiger partial charge in [0, 0.05) is 6.66 Å². The number of carbonyl (C=O) groups is 2. The molecule has 0 fully saturated rings. The lowest BCUT2D eigenvalue weighted by Gasteiger charge is -2.18. The third kappa shape index (κ3) is 14.2. The summed E-state index contributed by atoms with van der Waals surface area (Å²) in [5.74, 6) is -1.01. The highest BCUT2D eigenvalue weighted by Crippen LogP contribution is 2.36. The molecule has 0 saturated heterocycles. The average Bonchev–Trinajstić information content (AvgIpc) is 2.49. The van der Waals surface area contributed by atoms with E-state index in [0.717, 1.165) is 19.5 Å². The van der Waals surface area contributed by atoms with E-state index in [9.17, 15) is 14.2 Å². The highest BCUT2D eigenvalue weighted by molar-refractivity contribution is 7.51. The van der Waals surface area contributed by atoms with Crippen LogP contribution in [0.3, 0.4) is 0 Å². The first-order valence-corrected chi connectivity index (χ1v) is 9.90. The summed E-state index contributed by atoms with van der Waals surface area (Å²) in [6, 6.07) is 0. The van der Waals surface area contributed by atoms with Crippen LogP contribution < -0.4 is 0 Å². The molecule has 0 aromatic heterocycles. The molecule has 2 atom stereocenters. The molecule has 0 rings (SSSR count). The monoisotopic (exact) mass is 362 g/mol. The van der Waals surface area contributed by atoms with E-state index >= 15 is 0 Å². The maximum Gasteiger partial charge on any atom is 0.325 e. The van der Waals surface area contributed by atoms with Crippen LogP contribution in [0.2, 0.25) is 0 Å². The fourth-order valence-corrected chi connectivity index (χ4v) is 1.95. The van der Waals surface area contributed by atoms with Gasteiger partial charge >= 0.3 is 19.5 Å². The zero-order valence-electron chi connectivity index (χ0n) is 14.5. The van der Waals surface area contributed by atoms with Crippen LogP contribution in [0.1, 0.15) is 39.5 Å². The second kappa shape index (κ2) is 12.9. The highest BCUT2D eigenvalue weighted by atomic mass is 31.2. The summed E-state index contributed by atoms with van der Waals surface area (Å²) in [5, 5.41) is 0. The van der Waals surface area contributed by atoms with Gasteiger partial charge in [-0.05, 0) is 12.8 Å². The Labute approximate surface area is 143 Å². The van der Waals surface area contributed by atoms with Crippen molar-refractivity contribution >= 4 is 19.5 Å². The minimum absolute atomic E-state index is 0.0699. The van der Waals surface area contributed by atoms with Gasteiger partial charge in [0.15, 0.2) is 6.10 Å². The van der Waals surface area contributed by atoms with Crippen molar-refractivity contribution in [2.75, 3.05) is 19.9 Å². The van der Waals surface area contributed by atoms with Crippen LogP contribution in [0, 0.1) is 0 Å². The number of hydrogen-bond acceptors (Lipinski definition) is 6. The molecule has 0 aromatic rings. The zero-order valence-corrected chi connectivity index (χ0v) is 15.4. The fraction of sp³-hybridized carbons (Fsp3) is 0.625. The van der Waals surface area contributed by atoms with Crippen LogP contribution in [0.5, 0.6) is 0 Å². The Morgan fingerprint density at radius 2 is 1.54 bits per heavy atom. The topological polar surface area (TPSA) is 99.1 Å². The maximum absolute atomic E-state index is 11.7. The second-order valence-electron chi connectivity index (χ2n) is 5.06. The SMILES string of the molecule is CC/C=C\CC(=O)OC[C@H](COP(C)(=O)O)OC(=O)C/C=C\CC. The Hall–Kier alpha value is -1.43. The maximum atomic E-state index is 11.7. The Bertz CT molecular complexity index is 479. The van der Waals surface area contributed by atoms with Crippen molar-refractivity contribution in [2.24, 2.45) is 0 Å². The molecular weight excluding hydrogens is 335 g/mol. The van der Waals surface area contributed by atoms with Crippen molar-refractivity contribution in [3.8, 4) is 0 Å². The van der Waals surface area contributed by atoms with E-state index in [1.165, 1.54) is 0 Å². The van der Waals surface area contributed by atoms with Crippen LogP contribution in [-0.4, -0.2) is 42.8 Å². The van der Waals surface area contributed by atoms with Crippen molar-refractivity contribution in [1.29, 1.82) is 0 Å². The molecule has 0 radical (unpaired) electrons. The molecule has 0 bridgehead atoms. The van der Waals surface area contributed by atoms with E-state index in [1.807, 2.05) is 26.0 Å². The third-order valence-electron chi connectivity index (χ3n) is 2.60. The van der Waals surface area contributed by atoms with Crippen molar-refractivity contribution in [3.63, 3.8) is 0 Å². The minimum Gasteiger partial charge on any atom is -0.461 e. The predicted molar refractivity (Wildman–Crippen MR) is 90.6 cm³/mol. The lowest BCUT2D eigenvalue weighted by atomic mass is 10.3. The van der Waals surface area contributed by atoms with Crippen molar-refractivity contribution in [2.45, 2.75) is 45.6 Å². The van der Waals surface area contributed by atoms with E-state index in [1.54, 1.807) is 12.2 Å². The van der Waals surface area contributed by atoms with E-state index in [0.29, 0.717) is 0 Å². The number of hydrogen-bond donors (Lipinski definition) is 1. The van der Waals surface area contributed by atoms with Gasteiger partial charge in [-0.2, -0.15) is 0 Å². The van der Waals surface area contributed by atoms with Gasteiger partial charge in [0.25, 0.3) is 0 Å². The Kier molecular flexibility index (Phi) is 12.2. The van der Waals surface area contributed by atoms with Gasteiger partial charge in [-0.25, -0.2) is 0 Å². The molecule has 0 spiro atoms. The van der Waals surface area contributed by atoms with Crippen molar-refractivity contribution in [3.05, 3.63) is 24.3 Å². The smallest absolute Gasteiger partial charge is 0.325 e. The summed E-state index contributed by atoms with van der Waals surface area (Å²) in [6.07, 6.45) is 7.86. The Balaban J connectivity index is 4.48. The van der Waals surface area contributed by atoms with Crippen LogP contribution >= 0.6 is 7.60 Å². The zero-order chi connectivity index (χ0) is 18.4. The molecule has 24 heavy (non-hydrogen) atoms. The molecule has 0 aliphatic carbocycles. The molecule has 1 unspecified atom stereocenters. The molecule has 0 aromatic carbocycles. The minimum atomic E-state index is -3.72. The molecule has 0 amide bonds. The molecule has 1 N–H and O–H groups in total. The quantitative estimate of drug-likeness (QED) is 0.324. The predicted octanol–water partition coefficient (Wildman–Crippen LogP) is 2.99. The number of allylic oxidation sites excluding steroid dienone is 2. The highest BCUT2D eigenvalue weighted by Gasteiger charge is 2.20. The Morgan fingerprint density at radius 3 is 2.04 bits per heavy atom. The summed E-state index contributed by atoms with van der Waals surface area (Å²) in [4.78, 5) is 32.4. The van der Waals surface area contributed by atoms with Gasteiger partial charge < -0.3 is 18.9 Å². The first-order valence-electron chi connectivity index (χ1n) is 7.88. The summed E-state index contributed by atoms with van der Waals surface area (Å²) in [7, 11) is -3.72. The van der Waals surface area contributed by atoms with Crippen LogP contribution in [0.25, 0.3) is 0 Å². The lowest BCUT2D eigenvalue weighted by molar-refractivity contribution is -0.159. The summed E-state index contributed by atoms with van der Waals surface area (Å²) in [6.45, 7) is 4.34. The molecule has 0 saturated carbocycles. The number of esters is 2. The lowest BCUT2D eigenvalue weighted by Crippen LogP contribution is -2.29. The van der Waals surface area contributed by atoms with Crippen LogP contribution in [0.15, 0.2) is 24.3 Å². The first-order chi connectivity index (χ1) is 11.3. The van der Waals surface area contributed by atoms with Gasteiger partial charge in [0.2, 0.25) is 0 Å². The summed E-state index contributed by atoms with van der Waals surface area (Å²) in [5.41, 5.74) is 0. The van der Waals surface area contributed by atoms with E-state index in [2.05, 4.69) is 0 Å². The number of ether oxygens (including phenoxy) is 2. The van der Waals surface area contributed by atoms with Crippen molar-refractivity contribution < 1.29 is 33.0 Å². The number of rotatable bonds is 12. The van der Waals surface area contributed by atoms with E-state index < -0.39 is 25.6 Å². The largest absolute Gasteiger partial charge is 0.461 e. The van der Waals surface area contributed by atoms with E-state index in [-0.39, 0.29) is 26.1 Å². The molecular formula is C16H27O7P. The van der Waals surface area contributed by atoms with Gasteiger partial charge in [-0.3, -0.25) is 14.2 Å². The summed E-state index contributed by atoms with van der Waals surface area (Å²) >= 11 is 0. The molecule has 7 nitrogen and oxygen atoms in total. The molecule has 0 heterocycles. The van der Waals surface area contributed by atoms with Gasteiger partial charge in [0.05, 0.1) is 19.4 Å². The molecule has 8 heteroatoms. The third-order valence-corrected chi connectivity index (χ3v) is 3.23. The standard InChI is InChI=1S/C16H27O7P/c1-4-6-8-10-15(17)21-12-14(13-22-24(3,19)20)23-16(18)11-9-7-5-2/h6-9,14H,4-5,10-13H2,1-3H3,(H,19,20)/b8-6-,9-7-/t14-/m1/s1. The summed E-state index contributed by atoms with van der Waals surface area (Å²) < 4.78 is 26.1. The van der Waals surface area contributed by atoms with Gasteiger partial charge in [-0.1, -0.05) is 38.2 Å². The normalized spacial score (nSPS) is 15.3. The average molecular weight is 362 g/mol. The molecule has 138 valence electrons. The van der Waals surface area contributed by atoms with Crippen LogP contribution in [0.4, 0.5) is 0 Å². The van der Waals surface area contributed by atoms with Gasteiger partial charge in [-0.15, -0.1) is 0 Å². The molecule has 0 aliphatic rings. The Morgan fingerprint density at radius 1 is 1.00 bits per heavy atom. The fourth-order valence-electron chi connectivity index (χ4n) is 1.51.